The van der Waals surface area contributed by atoms with Crippen LogP contribution >= 0.6 is 11.6 Å². The lowest BCUT2D eigenvalue weighted by Crippen LogP contribution is -2.24. The zero-order valence-corrected chi connectivity index (χ0v) is 11.0. The van der Waals surface area contributed by atoms with Gasteiger partial charge in [0.05, 0.1) is 5.56 Å². The molecule has 0 aliphatic heterocycles. The van der Waals surface area contributed by atoms with Crippen LogP contribution in [0.5, 0.6) is 0 Å². The monoisotopic (exact) mass is 293 g/mol. The Morgan fingerprint density at radius 2 is 1.74 bits per heavy atom. The van der Waals surface area contributed by atoms with E-state index < -0.39 is 11.7 Å². The molecule has 6 heteroatoms. The van der Waals surface area contributed by atoms with E-state index in [1.807, 2.05) is 0 Å². The molecule has 0 saturated carbocycles. The lowest BCUT2D eigenvalue weighted by molar-refractivity contribution is -0.137. The molecule has 2 nitrogen and oxygen atoms in total. The summed E-state index contributed by atoms with van der Waals surface area (Å²) >= 11 is 5.51. The van der Waals surface area contributed by atoms with E-state index in [1.54, 1.807) is 0 Å². The van der Waals surface area contributed by atoms with Crippen LogP contribution in [0.2, 0.25) is 0 Å². The van der Waals surface area contributed by atoms with Crippen molar-refractivity contribution in [2.24, 2.45) is 0 Å². The Balaban J connectivity index is 2.45. The lowest BCUT2D eigenvalue weighted by atomic mass is 10.1. The molecule has 19 heavy (non-hydrogen) atoms. The van der Waals surface area contributed by atoms with E-state index in [-0.39, 0.29) is 11.5 Å². The SMILES string of the molecule is O=C(NCCCCCCl)c1ccc(C(F)(F)F)cc1. The minimum absolute atomic E-state index is 0.227. The van der Waals surface area contributed by atoms with E-state index in [0.717, 1.165) is 31.4 Å². The third kappa shape index (κ3) is 5.51. The molecule has 1 N–H and O–H groups in total. The summed E-state index contributed by atoms with van der Waals surface area (Å²) < 4.78 is 37.0. The molecule has 0 atom stereocenters. The van der Waals surface area contributed by atoms with Crippen LogP contribution in [0.1, 0.15) is 35.2 Å². The first-order chi connectivity index (χ1) is 8.95. The molecule has 0 heterocycles. The Labute approximate surface area is 114 Å². The van der Waals surface area contributed by atoms with E-state index in [9.17, 15) is 18.0 Å². The fourth-order valence-electron chi connectivity index (χ4n) is 1.51. The Hall–Kier alpha value is -1.23. The van der Waals surface area contributed by atoms with Crippen molar-refractivity contribution in [2.75, 3.05) is 12.4 Å². The molecule has 0 bridgehead atoms. The third-order valence-electron chi connectivity index (χ3n) is 2.57. The second-order valence-corrected chi connectivity index (χ2v) is 4.46. The molecule has 1 aromatic rings. The summed E-state index contributed by atoms with van der Waals surface area (Å²) in [5.41, 5.74) is -0.531. The first-order valence-electron chi connectivity index (χ1n) is 5.96. The fourth-order valence-corrected chi connectivity index (χ4v) is 1.70. The van der Waals surface area contributed by atoms with Crippen LogP contribution in [0.3, 0.4) is 0 Å². The molecule has 0 aliphatic rings. The van der Waals surface area contributed by atoms with Crippen molar-refractivity contribution in [1.82, 2.24) is 5.32 Å². The molecule has 0 saturated heterocycles. The molecule has 0 aliphatic carbocycles. The van der Waals surface area contributed by atoms with Gasteiger partial charge in [0.1, 0.15) is 0 Å². The third-order valence-corrected chi connectivity index (χ3v) is 2.84. The summed E-state index contributed by atoms with van der Waals surface area (Å²) in [6, 6.07) is 4.17. The van der Waals surface area contributed by atoms with Gasteiger partial charge in [-0.3, -0.25) is 4.79 Å². The number of nitrogens with one attached hydrogen (secondary N) is 1. The number of hydrogen-bond acceptors (Lipinski definition) is 1. The maximum absolute atomic E-state index is 12.3. The van der Waals surface area contributed by atoms with Crippen molar-refractivity contribution < 1.29 is 18.0 Å². The van der Waals surface area contributed by atoms with Gasteiger partial charge in [-0.05, 0) is 37.1 Å². The van der Waals surface area contributed by atoms with Gasteiger partial charge in [-0.25, -0.2) is 0 Å². The standard InChI is InChI=1S/C13H15ClF3NO/c14-8-2-1-3-9-18-12(19)10-4-6-11(7-5-10)13(15,16)17/h4-7H,1-3,8-9H2,(H,18,19). The van der Waals surface area contributed by atoms with Crippen molar-refractivity contribution in [1.29, 1.82) is 0 Å². The lowest BCUT2D eigenvalue weighted by Gasteiger charge is -2.08. The van der Waals surface area contributed by atoms with Crippen LogP contribution in [-0.2, 0) is 6.18 Å². The molecular formula is C13H15ClF3NO. The van der Waals surface area contributed by atoms with Gasteiger partial charge >= 0.3 is 6.18 Å². The van der Waals surface area contributed by atoms with Gasteiger partial charge in [0.25, 0.3) is 5.91 Å². The molecule has 0 aromatic heterocycles. The number of rotatable bonds is 6. The van der Waals surface area contributed by atoms with E-state index in [1.165, 1.54) is 12.1 Å². The largest absolute Gasteiger partial charge is 0.416 e. The van der Waals surface area contributed by atoms with E-state index >= 15 is 0 Å². The topological polar surface area (TPSA) is 29.1 Å². The smallest absolute Gasteiger partial charge is 0.352 e. The molecule has 0 fully saturated rings. The number of unbranched alkanes of at least 4 members (excludes halogenated alkanes) is 2. The maximum Gasteiger partial charge on any atom is 0.416 e. The summed E-state index contributed by atoms with van der Waals surface area (Å²) in [4.78, 5) is 11.6. The first kappa shape index (κ1) is 15.8. The summed E-state index contributed by atoms with van der Waals surface area (Å²) in [6.07, 6.45) is -1.77. The Morgan fingerprint density at radius 1 is 1.11 bits per heavy atom. The molecule has 0 radical (unpaired) electrons. The highest BCUT2D eigenvalue weighted by atomic mass is 35.5. The van der Waals surface area contributed by atoms with Crippen LogP contribution in [0.25, 0.3) is 0 Å². The van der Waals surface area contributed by atoms with Crippen molar-refractivity contribution in [3.05, 3.63) is 35.4 Å². The number of carbonyl (C=O) groups excluding carboxylic acids is 1. The average molecular weight is 294 g/mol. The van der Waals surface area contributed by atoms with Gasteiger partial charge in [0.2, 0.25) is 0 Å². The first-order valence-corrected chi connectivity index (χ1v) is 6.50. The molecule has 1 aromatic carbocycles. The highest BCUT2D eigenvalue weighted by molar-refractivity contribution is 6.17. The van der Waals surface area contributed by atoms with E-state index in [2.05, 4.69) is 5.32 Å². The summed E-state index contributed by atoms with van der Waals surface area (Å²) in [7, 11) is 0. The van der Waals surface area contributed by atoms with Crippen LogP contribution in [0.4, 0.5) is 13.2 Å². The molecule has 1 rings (SSSR count). The maximum atomic E-state index is 12.3. The normalized spacial score (nSPS) is 11.4. The minimum atomic E-state index is -4.38. The zero-order chi connectivity index (χ0) is 14.3. The Morgan fingerprint density at radius 3 is 2.26 bits per heavy atom. The highest BCUT2D eigenvalue weighted by Crippen LogP contribution is 2.28. The predicted octanol–water partition coefficient (Wildman–Crippen LogP) is 3.84. The van der Waals surface area contributed by atoms with Crippen LogP contribution in [0.15, 0.2) is 24.3 Å². The van der Waals surface area contributed by atoms with Crippen molar-refractivity contribution in [3.8, 4) is 0 Å². The van der Waals surface area contributed by atoms with Crippen molar-refractivity contribution >= 4 is 17.5 Å². The molecule has 0 unspecified atom stereocenters. The number of hydrogen-bond donors (Lipinski definition) is 1. The van der Waals surface area contributed by atoms with Gasteiger partial charge in [-0.1, -0.05) is 6.42 Å². The van der Waals surface area contributed by atoms with Crippen molar-refractivity contribution in [3.63, 3.8) is 0 Å². The molecular weight excluding hydrogens is 279 g/mol. The summed E-state index contributed by atoms with van der Waals surface area (Å²) in [6.45, 7) is 0.497. The number of carbonyl (C=O) groups is 1. The van der Waals surface area contributed by atoms with E-state index in [0.29, 0.717) is 12.4 Å². The Kier molecular flexibility index (Phi) is 6.15. The van der Waals surface area contributed by atoms with Gasteiger partial charge in [-0.15, -0.1) is 11.6 Å². The van der Waals surface area contributed by atoms with Gasteiger partial charge in [-0.2, -0.15) is 13.2 Å². The van der Waals surface area contributed by atoms with Gasteiger partial charge in [0.15, 0.2) is 0 Å². The number of amides is 1. The summed E-state index contributed by atoms with van der Waals surface area (Å²) in [5.74, 6) is 0.229. The quantitative estimate of drug-likeness (QED) is 0.626. The fraction of sp³-hybridized carbons (Fsp3) is 0.462. The summed E-state index contributed by atoms with van der Waals surface area (Å²) in [5, 5.41) is 2.65. The number of alkyl halides is 4. The second kappa shape index (κ2) is 7.38. The number of halogens is 4. The van der Waals surface area contributed by atoms with Crippen LogP contribution in [0, 0.1) is 0 Å². The van der Waals surface area contributed by atoms with E-state index in [4.69, 9.17) is 11.6 Å². The van der Waals surface area contributed by atoms with Crippen LogP contribution < -0.4 is 5.32 Å². The molecule has 1 amide bonds. The van der Waals surface area contributed by atoms with Crippen LogP contribution in [-0.4, -0.2) is 18.3 Å². The predicted molar refractivity (Wildman–Crippen MR) is 68.3 cm³/mol. The zero-order valence-electron chi connectivity index (χ0n) is 10.3. The van der Waals surface area contributed by atoms with Crippen molar-refractivity contribution in [2.45, 2.75) is 25.4 Å². The van der Waals surface area contributed by atoms with Gasteiger partial charge < -0.3 is 5.32 Å². The number of benzene rings is 1. The second-order valence-electron chi connectivity index (χ2n) is 4.08. The highest BCUT2D eigenvalue weighted by Gasteiger charge is 2.30. The minimum Gasteiger partial charge on any atom is -0.352 e. The molecule has 0 spiro atoms. The Bertz CT molecular complexity index is 403. The average Bonchev–Trinajstić information content (AvgIpc) is 2.37. The molecule has 106 valence electrons. The van der Waals surface area contributed by atoms with Gasteiger partial charge in [0, 0.05) is 18.0 Å².